The minimum absolute atomic E-state index is 0.00921. The van der Waals surface area contributed by atoms with E-state index in [0.717, 1.165) is 37.1 Å². The minimum Gasteiger partial charge on any atom is -0.325 e. The molecule has 4 heteroatoms. The van der Waals surface area contributed by atoms with Crippen molar-refractivity contribution in [3.63, 3.8) is 0 Å². The van der Waals surface area contributed by atoms with Gasteiger partial charge in [-0.25, -0.2) is 0 Å². The van der Waals surface area contributed by atoms with Crippen molar-refractivity contribution in [2.75, 3.05) is 5.32 Å². The van der Waals surface area contributed by atoms with E-state index in [1.165, 1.54) is 6.42 Å². The lowest BCUT2D eigenvalue weighted by Gasteiger charge is -2.32. The van der Waals surface area contributed by atoms with Gasteiger partial charge in [-0.3, -0.25) is 9.78 Å². The van der Waals surface area contributed by atoms with Gasteiger partial charge in [0, 0.05) is 17.7 Å². The zero-order chi connectivity index (χ0) is 13.0. The third-order valence-corrected chi connectivity index (χ3v) is 3.56. The fourth-order valence-corrected chi connectivity index (χ4v) is 2.50. The van der Waals surface area contributed by atoms with Gasteiger partial charge in [0.1, 0.15) is 0 Å². The molecule has 1 fully saturated rings. The van der Waals surface area contributed by atoms with Gasteiger partial charge in [-0.1, -0.05) is 19.3 Å². The van der Waals surface area contributed by atoms with Crippen LogP contribution < -0.4 is 11.1 Å². The molecule has 1 amide bonds. The molecular weight excluding hydrogens is 226 g/mol. The Morgan fingerprint density at radius 2 is 2.11 bits per heavy atom. The number of aryl methyl sites for hydroxylation is 1. The molecule has 0 unspecified atom stereocenters. The highest BCUT2D eigenvalue weighted by Crippen LogP contribution is 2.28. The van der Waals surface area contributed by atoms with Crippen LogP contribution in [0.3, 0.4) is 0 Å². The zero-order valence-electron chi connectivity index (χ0n) is 10.9. The van der Waals surface area contributed by atoms with Gasteiger partial charge in [-0.05, 0) is 31.9 Å². The lowest BCUT2D eigenvalue weighted by Crippen LogP contribution is -2.44. The summed E-state index contributed by atoms with van der Waals surface area (Å²) in [5.41, 5.74) is 7.64. The van der Waals surface area contributed by atoms with Gasteiger partial charge >= 0.3 is 0 Å². The molecule has 0 spiro atoms. The number of amides is 1. The van der Waals surface area contributed by atoms with Gasteiger partial charge in [-0.15, -0.1) is 0 Å². The Balaban J connectivity index is 1.90. The van der Waals surface area contributed by atoms with Crippen LogP contribution in [0.5, 0.6) is 0 Å². The fourth-order valence-electron chi connectivity index (χ4n) is 2.50. The van der Waals surface area contributed by atoms with Crippen LogP contribution in [-0.2, 0) is 4.79 Å². The maximum absolute atomic E-state index is 12.0. The number of nitrogens with two attached hydrogens (primary N) is 1. The number of aromatic nitrogens is 1. The van der Waals surface area contributed by atoms with Gasteiger partial charge in [0.2, 0.25) is 5.91 Å². The number of rotatable bonds is 3. The fraction of sp³-hybridized carbons (Fsp3) is 0.571. The predicted octanol–water partition coefficient (Wildman–Crippen LogP) is 2.38. The summed E-state index contributed by atoms with van der Waals surface area (Å²) >= 11 is 0. The van der Waals surface area contributed by atoms with Crippen molar-refractivity contribution < 1.29 is 4.79 Å². The molecule has 2 rings (SSSR count). The lowest BCUT2D eigenvalue weighted by atomic mass is 9.80. The highest BCUT2D eigenvalue weighted by molar-refractivity contribution is 5.91. The number of nitrogens with zero attached hydrogens (tertiary/aromatic N) is 1. The normalized spacial score (nSPS) is 18.3. The SMILES string of the molecule is Cc1ccc(NC(=O)CC2(N)CCCCC2)cn1. The van der Waals surface area contributed by atoms with Crippen LogP contribution in [0.15, 0.2) is 18.3 Å². The molecule has 0 radical (unpaired) electrons. The van der Waals surface area contributed by atoms with Gasteiger partial charge in [0.25, 0.3) is 0 Å². The first-order valence-corrected chi connectivity index (χ1v) is 6.59. The Hall–Kier alpha value is -1.42. The van der Waals surface area contributed by atoms with E-state index in [2.05, 4.69) is 10.3 Å². The molecule has 0 atom stereocenters. The van der Waals surface area contributed by atoms with E-state index in [9.17, 15) is 4.79 Å². The quantitative estimate of drug-likeness (QED) is 0.861. The monoisotopic (exact) mass is 247 g/mol. The van der Waals surface area contributed by atoms with Crippen molar-refractivity contribution in [1.29, 1.82) is 0 Å². The summed E-state index contributed by atoms with van der Waals surface area (Å²) in [6.07, 6.45) is 7.49. The van der Waals surface area contributed by atoms with Crippen molar-refractivity contribution >= 4 is 11.6 Å². The number of carbonyl (C=O) groups is 1. The van der Waals surface area contributed by atoms with E-state index in [0.29, 0.717) is 6.42 Å². The summed E-state index contributed by atoms with van der Waals surface area (Å²) in [6.45, 7) is 1.92. The third kappa shape index (κ3) is 3.53. The Labute approximate surface area is 108 Å². The molecule has 18 heavy (non-hydrogen) atoms. The first kappa shape index (κ1) is 13.0. The Kier molecular flexibility index (Phi) is 3.97. The molecule has 0 saturated heterocycles. The van der Waals surface area contributed by atoms with Crippen LogP contribution in [0, 0.1) is 6.92 Å². The largest absolute Gasteiger partial charge is 0.325 e. The van der Waals surface area contributed by atoms with Crippen LogP contribution in [0.1, 0.15) is 44.2 Å². The first-order chi connectivity index (χ1) is 8.57. The molecule has 1 heterocycles. The summed E-state index contributed by atoms with van der Waals surface area (Å²) in [7, 11) is 0. The molecule has 0 aromatic carbocycles. The average Bonchev–Trinajstić information content (AvgIpc) is 2.32. The summed E-state index contributed by atoms with van der Waals surface area (Å²) in [4.78, 5) is 16.1. The third-order valence-electron chi connectivity index (χ3n) is 3.56. The molecule has 0 aliphatic heterocycles. The highest BCUT2D eigenvalue weighted by atomic mass is 16.1. The lowest BCUT2D eigenvalue weighted by molar-refractivity contribution is -0.117. The molecule has 1 aromatic rings. The molecule has 0 bridgehead atoms. The minimum atomic E-state index is -0.305. The molecule has 1 aliphatic rings. The topological polar surface area (TPSA) is 68.0 Å². The van der Waals surface area contributed by atoms with Crippen molar-refractivity contribution in [2.45, 2.75) is 51.0 Å². The van der Waals surface area contributed by atoms with E-state index in [1.54, 1.807) is 6.20 Å². The molecule has 1 aromatic heterocycles. The summed E-state index contributed by atoms with van der Waals surface area (Å²) in [5.74, 6) is -0.00921. The molecule has 3 N–H and O–H groups in total. The number of carbonyl (C=O) groups excluding carboxylic acids is 1. The number of hydrogen-bond donors (Lipinski definition) is 2. The van der Waals surface area contributed by atoms with Crippen molar-refractivity contribution in [2.24, 2.45) is 5.73 Å². The van der Waals surface area contributed by atoms with E-state index < -0.39 is 0 Å². The number of pyridine rings is 1. The van der Waals surface area contributed by atoms with E-state index in [-0.39, 0.29) is 11.4 Å². The van der Waals surface area contributed by atoms with Crippen LogP contribution in [0.4, 0.5) is 5.69 Å². The Morgan fingerprint density at radius 1 is 1.39 bits per heavy atom. The second-order valence-corrected chi connectivity index (χ2v) is 5.34. The van der Waals surface area contributed by atoms with Crippen molar-refractivity contribution in [3.8, 4) is 0 Å². The van der Waals surface area contributed by atoms with Crippen LogP contribution in [0.2, 0.25) is 0 Å². The van der Waals surface area contributed by atoms with Crippen molar-refractivity contribution in [1.82, 2.24) is 4.98 Å². The van der Waals surface area contributed by atoms with Crippen LogP contribution >= 0.6 is 0 Å². The molecular formula is C14H21N3O. The zero-order valence-corrected chi connectivity index (χ0v) is 10.9. The smallest absolute Gasteiger partial charge is 0.226 e. The predicted molar refractivity (Wildman–Crippen MR) is 72.2 cm³/mol. The Bertz CT molecular complexity index is 408. The standard InChI is InChI=1S/C14H21N3O/c1-11-5-6-12(10-16-11)17-13(18)9-14(15)7-3-2-4-8-14/h5-6,10H,2-4,7-9,15H2,1H3,(H,17,18). The maximum Gasteiger partial charge on any atom is 0.226 e. The summed E-state index contributed by atoms with van der Waals surface area (Å²) in [5, 5.41) is 2.86. The second kappa shape index (κ2) is 5.48. The first-order valence-electron chi connectivity index (χ1n) is 6.59. The second-order valence-electron chi connectivity index (χ2n) is 5.34. The van der Waals surface area contributed by atoms with E-state index >= 15 is 0 Å². The molecule has 98 valence electrons. The summed E-state index contributed by atoms with van der Waals surface area (Å²) in [6, 6.07) is 3.75. The Morgan fingerprint density at radius 3 is 2.72 bits per heavy atom. The van der Waals surface area contributed by atoms with Crippen molar-refractivity contribution in [3.05, 3.63) is 24.0 Å². The maximum atomic E-state index is 12.0. The number of hydrogen-bond acceptors (Lipinski definition) is 3. The van der Waals surface area contributed by atoms with Crippen LogP contribution in [-0.4, -0.2) is 16.4 Å². The highest BCUT2D eigenvalue weighted by Gasteiger charge is 2.29. The van der Waals surface area contributed by atoms with Gasteiger partial charge in [0.05, 0.1) is 11.9 Å². The van der Waals surface area contributed by atoms with Gasteiger partial charge < -0.3 is 11.1 Å². The average molecular weight is 247 g/mol. The molecule has 1 saturated carbocycles. The number of anilines is 1. The molecule has 1 aliphatic carbocycles. The van der Waals surface area contributed by atoms with Gasteiger partial charge in [0.15, 0.2) is 0 Å². The van der Waals surface area contributed by atoms with E-state index in [1.807, 2.05) is 19.1 Å². The molecule has 4 nitrogen and oxygen atoms in total. The number of nitrogens with one attached hydrogen (secondary N) is 1. The summed E-state index contributed by atoms with van der Waals surface area (Å²) < 4.78 is 0. The van der Waals surface area contributed by atoms with Gasteiger partial charge in [-0.2, -0.15) is 0 Å². The van der Waals surface area contributed by atoms with E-state index in [4.69, 9.17) is 5.73 Å². The van der Waals surface area contributed by atoms with Crippen LogP contribution in [0.25, 0.3) is 0 Å².